The maximum absolute atomic E-state index is 12.8. The number of para-hydroxylation sites is 1. The van der Waals surface area contributed by atoms with Crippen molar-refractivity contribution in [3.05, 3.63) is 47.1 Å². The number of aromatic nitrogens is 2. The topological polar surface area (TPSA) is 78.1 Å². The molecule has 2 aromatic heterocycles. The van der Waals surface area contributed by atoms with Crippen LogP contribution in [0, 0.1) is 12.8 Å². The number of likely N-dealkylation sites (tertiary alicyclic amines) is 1. The second-order valence-electron chi connectivity index (χ2n) is 6.98. The number of rotatable bonds is 4. The Kier molecular flexibility index (Phi) is 4.94. The number of H-pyrrole nitrogens is 1. The molecule has 1 saturated heterocycles. The van der Waals surface area contributed by atoms with Gasteiger partial charge in [0, 0.05) is 41.3 Å². The molecule has 1 fully saturated rings. The van der Waals surface area contributed by atoms with Crippen LogP contribution in [0.5, 0.6) is 0 Å². The van der Waals surface area contributed by atoms with Crippen LogP contribution < -0.4 is 5.32 Å². The molecule has 140 valence electrons. The summed E-state index contributed by atoms with van der Waals surface area (Å²) in [5.41, 5.74) is 2.04. The first-order valence-corrected chi connectivity index (χ1v) is 9.98. The van der Waals surface area contributed by atoms with E-state index < -0.39 is 0 Å². The Labute approximate surface area is 161 Å². The molecule has 2 amide bonds. The van der Waals surface area contributed by atoms with Gasteiger partial charge in [-0.15, -0.1) is 11.3 Å². The molecule has 1 aromatic carbocycles. The molecular formula is C20H22N4O2S. The Balaban J connectivity index is 1.40. The molecule has 3 aromatic rings. The standard InChI is InChI=1S/C20H22N4O2S/c1-13-10-22-20(27-13)23-19(26)14-5-4-8-24(12-14)18(25)9-15-11-21-17-7-3-2-6-16(15)17/h2-3,6-7,10-11,14,21H,4-5,8-9,12H2,1H3,(H,22,23,26). The van der Waals surface area contributed by atoms with Crippen molar-refractivity contribution >= 4 is 39.2 Å². The number of benzene rings is 1. The third-order valence-electron chi connectivity index (χ3n) is 5.01. The van der Waals surface area contributed by atoms with E-state index >= 15 is 0 Å². The first kappa shape index (κ1) is 17.7. The zero-order valence-corrected chi connectivity index (χ0v) is 16.0. The monoisotopic (exact) mass is 382 g/mol. The van der Waals surface area contributed by atoms with Crippen molar-refractivity contribution < 1.29 is 9.59 Å². The lowest BCUT2D eigenvalue weighted by molar-refractivity contribution is -0.133. The van der Waals surface area contributed by atoms with Crippen molar-refractivity contribution in [2.24, 2.45) is 5.92 Å². The molecule has 1 atom stereocenters. The van der Waals surface area contributed by atoms with Crippen LogP contribution in [0.4, 0.5) is 5.13 Å². The van der Waals surface area contributed by atoms with E-state index in [9.17, 15) is 9.59 Å². The molecular weight excluding hydrogens is 360 g/mol. The molecule has 3 heterocycles. The van der Waals surface area contributed by atoms with Crippen LogP contribution in [0.15, 0.2) is 36.7 Å². The fraction of sp³-hybridized carbons (Fsp3) is 0.350. The number of carbonyl (C=O) groups is 2. The van der Waals surface area contributed by atoms with E-state index in [1.165, 1.54) is 11.3 Å². The SMILES string of the molecule is Cc1cnc(NC(=O)C2CCCN(C(=O)Cc3c[nH]c4ccccc34)C2)s1. The minimum Gasteiger partial charge on any atom is -0.361 e. The van der Waals surface area contributed by atoms with Gasteiger partial charge in [0.1, 0.15) is 0 Å². The van der Waals surface area contributed by atoms with E-state index in [1.807, 2.05) is 42.3 Å². The summed E-state index contributed by atoms with van der Waals surface area (Å²) in [5, 5.41) is 4.59. The van der Waals surface area contributed by atoms with Crippen LogP contribution in [-0.2, 0) is 16.0 Å². The van der Waals surface area contributed by atoms with Gasteiger partial charge in [-0.05, 0) is 31.4 Å². The van der Waals surface area contributed by atoms with E-state index in [1.54, 1.807) is 6.20 Å². The van der Waals surface area contributed by atoms with Crippen molar-refractivity contribution in [1.29, 1.82) is 0 Å². The third-order valence-corrected chi connectivity index (χ3v) is 5.84. The Morgan fingerprint density at radius 2 is 2.22 bits per heavy atom. The summed E-state index contributed by atoms with van der Waals surface area (Å²) >= 11 is 1.46. The average molecular weight is 382 g/mol. The summed E-state index contributed by atoms with van der Waals surface area (Å²) in [4.78, 5) is 35.6. The number of hydrogen-bond donors (Lipinski definition) is 2. The lowest BCUT2D eigenvalue weighted by Gasteiger charge is -2.32. The molecule has 2 N–H and O–H groups in total. The molecule has 7 heteroatoms. The predicted octanol–water partition coefficient (Wildman–Crippen LogP) is 3.35. The van der Waals surface area contributed by atoms with Crippen LogP contribution in [0.1, 0.15) is 23.3 Å². The van der Waals surface area contributed by atoms with Gasteiger partial charge in [0.2, 0.25) is 11.8 Å². The van der Waals surface area contributed by atoms with Gasteiger partial charge in [0.05, 0.1) is 12.3 Å². The van der Waals surface area contributed by atoms with E-state index in [0.717, 1.165) is 34.2 Å². The van der Waals surface area contributed by atoms with Crippen molar-refractivity contribution in [1.82, 2.24) is 14.9 Å². The van der Waals surface area contributed by atoms with Crippen molar-refractivity contribution in [2.45, 2.75) is 26.2 Å². The van der Waals surface area contributed by atoms with Gasteiger partial charge in [-0.1, -0.05) is 18.2 Å². The summed E-state index contributed by atoms with van der Waals surface area (Å²) < 4.78 is 0. The highest BCUT2D eigenvalue weighted by Crippen LogP contribution is 2.23. The number of thiazole rings is 1. The fourth-order valence-electron chi connectivity index (χ4n) is 3.59. The van der Waals surface area contributed by atoms with Gasteiger partial charge in [-0.3, -0.25) is 9.59 Å². The molecule has 1 aliphatic rings. The van der Waals surface area contributed by atoms with E-state index in [4.69, 9.17) is 0 Å². The van der Waals surface area contributed by atoms with Crippen LogP contribution in [-0.4, -0.2) is 39.8 Å². The number of nitrogens with zero attached hydrogens (tertiary/aromatic N) is 2. The van der Waals surface area contributed by atoms with E-state index in [0.29, 0.717) is 24.6 Å². The van der Waals surface area contributed by atoms with Gasteiger partial charge >= 0.3 is 0 Å². The normalized spacial score (nSPS) is 17.2. The summed E-state index contributed by atoms with van der Waals surface area (Å²) in [6.45, 7) is 3.14. The van der Waals surface area contributed by atoms with Crippen molar-refractivity contribution in [3.63, 3.8) is 0 Å². The minimum atomic E-state index is -0.185. The van der Waals surface area contributed by atoms with E-state index in [2.05, 4.69) is 15.3 Å². The number of anilines is 1. The number of hydrogen-bond acceptors (Lipinski definition) is 4. The quantitative estimate of drug-likeness (QED) is 0.726. The largest absolute Gasteiger partial charge is 0.361 e. The number of piperidine rings is 1. The molecule has 0 saturated carbocycles. The maximum Gasteiger partial charge on any atom is 0.231 e. The maximum atomic E-state index is 12.8. The van der Waals surface area contributed by atoms with Crippen LogP contribution in [0.25, 0.3) is 10.9 Å². The van der Waals surface area contributed by atoms with Gasteiger partial charge < -0.3 is 15.2 Å². The average Bonchev–Trinajstić information content (AvgIpc) is 3.28. The summed E-state index contributed by atoms with van der Waals surface area (Å²) in [7, 11) is 0. The number of aromatic amines is 1. The highest BCUT2D eigenvalue weighted by Gasteiger charge is 2.29. The Morgan fingerprint density at radius 3 is 3.04 bits per heavy atom. The Morgan fingerprint density at radius 1 is 1.37 bits per heavy atom. The molecule has 0 aliphatic carbocycles. The zero-order chi connectivity index (χ0) is 18.8. The highest BCUT2D eigenvalue weighted by molar-refractivity contribution is 7.15. The van der Waals surface area contributed by atoms with Gasteiger partial charge in [0.15, 0.2) is 5.13 Å². The molecule has 6 nitrogen and oxygen atoms in total. The molecule has 0 radical (unpaired) electrons. The summed E-state index contributed by atoms with van der Waals surface area (Å²) in [5.74, 6) is -0.161. The lowest BCUT2D eigenvalue weighted by Crippen LogP contribution is -2.44. The minimum absolute atomic E-state index is 0.0473. The first-order chi connectivity index (χ1) is 13.1. The number of amides is 2. The van der Waals surface area contributed by atoms with Crippen LogP contribution >= 0.6 is 11.3 Å². The number of carbonyl (C=O) groups excluding carboxylic acids is 2. The highest BCUT2D eigenvalue weighted by atomic mass is 32.1. The van der Waals surface area contributed by atoms with Gasteiger partial charge in [-0.25, -0.2) is 4.98 Å². The van der Waals surface area contributed by atoms with Crippen molar-refractivity contribution in [2.75, 3.05) is 18.4 Å². The van der Waals surface area contributed by atoms with Crippen LogP contribution in [0.2, 0.25) is 0 Å². The summed E-state index contributed by atoms with van der Waals surface area (Å²) in [6, 6.07) is 7.98. The molecule has 4 rings (SSSR count). The fourth-order valence-corrected chi connectivity index (χ4v) is 4.26. The smallest absolute Gasteiger partial charge is 0.231 e. The number of aryl methyl sites for hydroxylation is 1. The number of nitrogens with one attached hydrogen (secondary N) is 2. The Hall–Kier alpha value is -2.67. The second kappa shape index (κ2) is 7.52. The predicted molar refractivity (Wildman–Crippen MR) is 107 cm³/mol. The Bertz CT molecular complexity index is 977. The third kappa shape index (κ3) is 3.88. The number of fused-ring (bicyclic) bond motifs is 1. The van der Waals surface area contributed by atoms with Crippen molar-refractivity contribution in [3.8, 4) is 0 Å². The second-order valence-corrected chi connectivity index (χ2v) is 8.22. The van der Waals surface area contributed by atoms with Gasteiger partial charge in [0.25, 0.3) is 0 Å². The van der Waals surface area contributed by atoms with Gasteiger partial charge in [-0.2, -0.15) is 0 Å². The first-order valence-electron chi connectivity index (χ1n) is 9.16. The molecule has 1 aliphatic heterocycles. The molecule has 0 bridgehead atoms. The lowest BCUT2D eigenvalue weighted by atomic mass is 9.96. The van der Waals surface area contributed by atoms with Crippen LogP contribution in [0.3, 0.4) is 0 Å². The molecule has 1 unspecified atom stereocenters. The zero-order valence-electron chi connectivity index (χ0n) is 15.2. The summed E-state index contributed by atoms with van der Waals surface area (Å²) in [6.07, 6.45) is 5.64. The molecule has 27 heavy (non-hydrogen) atoms. The van der Waals surface area contributed by atoms with E-state index in [-0.39, 0.29) is 17.7 Å². The molecule has 0 spiro atoms.